The summed E-state index contributed by atoms with van der Waals surface area (Å²) in [5.74, 6) is -0.663. The first-order chi connectivity index (χ1) is 6.91. The van der Waals surface area contributed by atoms with E-state index < -0.39 is 19.9 Å². The van der Waals surface area contributed by atoms with Gasteiger partial charge in [-0.25, -0.2) is 12.8 Å². The van der Waals surface area contributed by atoms with E-state index in [2.05, 4.69) is 10.2 Å². The van der Waals surface area contributed by atoms with Crippen LogP contribution in [0.3, 0.4) is 0 Å². The molecule has 0 fully saturated rings. The molecule has 2 rings (SSSR count). The van der Waals surface area contributed by atoms with E-state index in [4.69, 9.17) is 10.7 Å². The monoisotopic (exact) mass is 248 g/mol. The summed E-state index contributed by atoms with van der Waals surface area (Å²) in [6, 6.07) is 2.70. The van der Waals surface area contributed by atoms with Crippen molar-refractivity contribution in [2.24, 2.45) is 0 Å². The Hall–Kier alpha value is -1.14. The van der Waals surface area contributed by atoms with E-state index in [9.17, 15) is 12.8 Å². The first-order valence-corrected chi connectivity index (χ1v) is 6.30. The molecule has 0 saturated carbocycles. The summed E-state index contributed by atoms with van der Waals surface area (Å²) < 4.78 is 35.6. The lowest BCUT2D eigenvalue weighted by Crippen LogP contribution is -1.92. The van der Waals surface area contributed by atoms with E-state index in [0.717, 1.165) is 0 Å². The van der Waals surface area contributed by atoms with Gasteiger partial charge in [0.25, 0.3) is 9.05 Å². The first kappa shape index (κ1) is 10.4. The molecule has 0 aliphatic carbocycles. The fourth-order valence-electron chi connectivity index (χ4n) is 1.37. The Morgan fingerprint density at radius 3 is 2.73 bits per heavy atom. The van der Waals surface area contributed by atoms with Gasteiger partial charge in [0.05, 0.1) is 10.9 Å². The summed E-state index contributed by atoms with van der Waals surface area (Å²) >= 11 is 0. The van der Waals surface area contributed by atoms with Gasteiger partial charge in [0.15, 0.2) is 5.03 Å². The standard InChI is InChI=1S/C8H6ClFN2O2S/c1-4-2-3-5(10)6-7(4)11-12-8(6)15(9,13)14/h2-3H,1H3,(H,11,12). The normalized spacial score (nSPS) is 12.2. The van der Waals surface area contributed by atoms with Gasteiger partial charge in [0.2, 0.25) is 0 Å². The van der Waals surface area contributed by atoms with Crippen molar-refractivity contribution < 1.29 is 12.8 Å². The number of H-pyrrole nitrogens is 1. The van der Waals surface area contributed by atoms with Crippen molar-refractivity contribution >= 4 is 30.6 Å². The number of hydrogen-bond acceptors (Lipinski definition) is 3. The van der Waals surface area contributed by atoms with Crippen molar-refractivity contribution in [3.63, 3.8) is 0 Å². The Balaban J connectivity index is 2.98. The largest absolute Gasteiger partial charge is 0.278 e. The molecule has 2 aromatic rings. The smallest absolute Gasteiger partial charge is 0.265 e. The summed E-state index contributed by atoms with van der Waals surface area (Å²) in [7, 11) is 1.13. The highest BCUT2D eigenvalue weighted by Gasteiger charge is 2.21. The summed E-state index contributed by atoms with van der Waals surface area (Å²) in [6.45, 7) is 1.70. The van der Waals surface area contributed by atoms with Crippen molar-refractivity contribution in [2.75, 3.05) is 0 Å². The Labute approximate surface area is 89.5 Å². The lowest BCUT2D eigenvalue weighted by atomic mass is 10.1. The lowest BCUT2D eigenvalue weighted by molar-refractivity contribution is 0.604. The average Bonchev–Trinajstić information content (AvgIpc) is 2.55. The molecule has 0 unspecified atom stereocenters. The molecule has 0 saturated heterocycles. The van der Waals surface area contributed by atoms with Crippen LogP contribution in [0.25, 0.3) is 10.9 Å². The lowest BCUT2D eigenvalue weighted by Gasteiger charge is -1.96. The van der Waals surface area contributed by atoms with E-state index in [1.54, 1.807) is 6.92 Å². The summed E-state index contributed by atoms with van der Waals surface area (Å²) in [5.41, 5.74) is 0.948. The number of aromatic amines is 1. The Kier molecular flexibility index (Phi) is 2.20. The zero-order valence-electron chi connectivity index (χ0n) is 7.58. The second-order valence-corrected chi connectivity index (χ2v) is 5.58. The van der Waals surface area contributed by atoms with E-state index in [0.29, 0.717) is 5.56 Å². The number of fused-ring (bicyclic) bond motifs is 1. The quantitative estimate of drug-likeness (QED) is 0.785. The average molecular weight is 249 g/mol. The maximum atomic E-state index is 13.4. The van der Waals surface area contributed by atoms with E-state index >= 15 is 0 Å². The van der Waals surface area contributed by atoms with Crippen LogP contribution in [-0.2, 0) is 9.05 Å². The van der Waals surface area contributed by atoms with Gasteiger partial charge in [-0.15, -0.1) is 0 Å². The Bertz CT molecular complexity index is 635. The summed E-state index contributed by atoms with van der Waals surface area (Å²) in [5, 5.41) is 5.45. The fraction of sp³-hybridized carbons (Fsp3) is 0.125. The molecule has 0 amide bonds. The second-order valence-electron chi connectivity index (χ2n) is 3.08. The molecular weight excluding hydrogens is 243 g/mol. The van der Waals surface area contributed by atoms with Gasteiger partial charge in [-0.3, -0.25) is 5.10 Å². The molecule has 0 aliphatic heterocycles. The Morgan fingerprint density at radius 1 is 1.47 bits per heavy atom. The molecule has 1 heterocycles. The van der Waals surface area contributed by atoms with Crippen LogP contribution in [0.1, 0.15) is 5.56 Å². The fourth-order valence-corrected chi connectivity index (χ4v) is 2.30. The van der Waals surface area contributed by atoms with Crippen molar-refractivity contribution in [1.82, 2.24) is 10.2 Å². The molecular formula is C8H6ClFN2O2S. The van der Waals surface area contributed by atoms with Crippen molar-refractivity contribution in [3.8, 4) is 0 Å². The highest BCUT2D eigenvalue weighted by atomic mass is 35.7. The van der Waals surface area contributed by atoms with Gasteiger partial charge in [-0.2, -0.15) is 5.10 Å². The molecule has 1 aromatic heterocycles. The molecule has 0 atom stereocenters. The van der Waals surface area contributed by atoms with Gasteiger partial charge >= 0.3 is 0 Å². The second kappa shape index (κ2) is 3.18. The molecule has 1 N–H and O–H groups in total. The zero-order chi connectivity index (χ0) is 11.2. The van der Waals surface area contributed by atoms with Crippen LogP contribution in [0.4, 0.5) is 4.39 Å². The predicted octanol–water partition coefficient (Wildman–Crippen LogP) is 1.94. The van der Waals surface area contributed by atoms with Gasteiger partial charge in [-0.05, 0) is 18.6 Å². The number of nitrogens with zero attached hydrogens (tertiary/aromatic N) is 1. The highest BCUT2D eigenvalue weighted by Crippen LogP contribution is 2.27. The Morgan fingerprint density at radius 2 is 2.13 bits per heavy atom. The van der Waals surface area contributed by atoms with Crippen LogP contribution in [0.15, 0.2) is 17.2 Å². The molecule has 4 nitrogen and oxygen atoms in total. The molecule has 80 valence electrons. The number of halogens is 2. The number of hydrogen-bond donors (Lipinski definition) is 1. The van der Waals surface area contributed by atoms with E-state index in [1.807, 2.05) is 0 Å². The first-order valence-electron chi connectivity index (χ1n) is 3.99. The van der Waals surface area contributed by atoms with Crippen LogP contribution >= 0.6 is 10.7 Å². The molecule has 0 aliphatic rings. The highest BCUT2D eigenvalue weighted by molar-refractivity contribution is 8.13. The zero-order valence-corrected chi connectivity index (χ0v) is 9.16. The van der Waals surface area contributed by atoms with Crippen molar-refractivity contribution in [2.45, 2.75) is 11.9 Å². The number of benzene rings is 1. The van der Waals surface area contributed by atoms with Crippen molar-refractivity contribution in [3.05, 3.63) is 23.5 Å². The van der Waals surface area contributed by atoms with Crippen LogP contribution in [0.2, 0.25) is 0 Å². The maximum Gasteiger partial charge on any atom is 0.278 e. The van der Waals surface area contributed by atoms with Crippen LogP contribution in [0, 0.1) is 12.7 Å². The third-order valence-corrected chi connectivity index (χ3v) is 3.31. The van der Waals surface area contributed by atoms with Gasteiger partial charge < -0.3 is 0 Å². The third-order valence-electron chi connectivity index (χ3n) is 2.07. The number of rotatable bonds is 1. The molecule has 7 heteroatoms. The molecule has 1 aromatic carbocycles. The molecule has 0 radical (unpaired) electrons. The summed E-state index contributed by atoms with van der Waals surface area (Å²) in [4.78, 5) is 0. The van der Waals surface area contributed by atoms with Gasteiger partial charge in [0, 0.05) is 10.7 Å². The summed E-state index contributed by atoms with van der Waals surface area (Å²) in [6.07, 6.45) is 0. The van der Waals surface area contributed by atoms with Gasteiger partial charge in [-0.1, -0.05) is 6.07 Å². The minimum Gasteiger partial charge on any atom is -0.265 e. The van der Waals surface area contributed by atoms with E-state index in [-0.39, 0.29) is 10.9 Å². The molecule has 15 heavy (non-hydrogen) atoms. The minimum absolute atomic E-state index is 0.0926. The minimum atomic E-state index is -4.01. The predicted molar refractivity (Wildman–Crippen MR) is 53.8 cm³/mol. The van der Waals surface area contributed by atoms with Crippen LogP contribution in [0.5, 0.6) is 0 Å². The SMILES string of the molecule is Cc1ccc(F)c2c(S(=O)(=O)Cl)[nH]nc12. The molecule has 0 bridgehead atoms. The molecule has 0 spiro atoms. The maximum absolute atomic E-state index is 13.4. The third kappa shape index (κ3) is 1.59. The van der Waals surface area contributed by atoms with Gasteiger partial charge in [0.1, 0.15) is 5.82 Å². The van der Waals surface area contributed by atoms with Crippen molar-refractivity contribution in [1.29, 1.82) is 0 Å². The number of aromatic nitrogens is 2. The number of aryl methyl sites for hydroxylation is 1. The van der Waals surface area contributed by atoms with Crippen LogP contribution < -0.4 is 0 Å². The number of nitrogens with one attached hydrogen (secondary N) is 1. The topological polar surface area (TPSA) is 62.8 Å². The van der Waals surface area contributed by atoms with E-state index in [1.165, 1.54) is 12.1 Å². The van der Waals surface area contributed by atoms with Crippen LogP contribution in [-0.4, -0.2) is 18.6 Å².